The molecule has 2 aromatic rings. The van der Waals surface area contributed by atoms with Crippen LogP contribution in [0.2, 0.25) is 0 Å². The first-order valence-electron chi connectivity index (χ1n) is 8.40. The zero-order chi connectivity index (χ0) is 15.6. The maximum atomic E-state index is 9.96. The number of anilines is 2. The van der Waals surface area contributed by atoms with Crippen molar-refractivity contribution in [1.29, 1.82) is 0 Å². The highest BCUT2D eigenvalue weighted by molar-refractivity contribution is 5.92. The average molecular weight is 314 g/mol. The van der Waals surface area contributed by atoms with Gasteiger partial charge in [0.25, 0.3) is 0 Å². The first-order chi connectivity index (χ1) is 11.3. The van der Waals surface area contributed by atoms with Crippen LogP contribution in [0.5, 0.6) is 6.01 Å². The number of fused-ring (bicyclic) bond motifs is 1. The third kappa shape index (κ3) is 2.91. The summed E-state index contributed by atoms with van der Waals surface area (Å²) < 4.78 is 5.41. The molecular weight excluding hydrogens is 292 g/mol. The van der Waals surface area contributed by atoms with Crippen molar-refractivity contribution in [2.45, 2.75) is 19.3 Å². The first-order valence-corrected chi connectivity index (χ1v) is 8.40. The van der Waals surface area contributed by atoms with Crippen molar-refractivity contribution in [2.75, 3.05) is 49.2 Å². The van der Waals surface area contributed by atoms with Crippen LogP contribution in [0.1, 0.15) is 19.3 Å². The molecule has 23 heavy (non-hydrogen) atoms. The predicted molar refractivity (Wildman–Crippen MR) is 90.3 cm³/mol. The summed E-state index contributed by atoms with van der Waals surface area (Å²) in [6.45, 7) is 5.29. The molecule has 1 aromatic carbocycles. The summed E-state index contributed by atoms with van der Waals surface area (Å²) >= 11 is 0. The molecule has 0 unspecified atom stereocenters. The highest BCUT2D eigenvalue weighted by Gasteiger charge is 2.18. The molecule has 2 saturated heterocycles. The van der Waals surface area contributed by atoms with Crippen LogP contribution >= 0.6 is 0 Å². The molecule has 122 valence electrons. The Hall–Kier alpha value is -2.08. The third-order valence-corrected chi connectivity index (χ3v) is 4.68. The van der Waals surface area contributed by atoms with Gasteiger partial charge in [0.05, 0.1) is 18.7 Å². The minimum absolute atomic E-state index is 0.141. The van der Waals surface area contributed by atoms with E-state index < -0.39 is 0 Å². The van der Waals surface area contributed by atoms with Crippen LogP contribution < -0.4 is 9.80 Å². The minimum atomic E-state index is -0.141. The van der Waals surface area contributed by atoms with Gasteiger partial charge in [-0.25, -0.2) is 0 Å². The van der Waals surface area contributed by atoms with E-state index in [2.05, 4.69) is 38.0 Å². The topological polar surface area (TPSA) is 61.7 Å². The quantitative estimate of drug-likeness (QED) is 0.916. The Labute approximate surface area is 135 Å². The molecule has 6 nitrogen and oxygen atoms in total. The van der Waals surface area contributed by atoms with Gasteiger partial charge >= 0.3 is 6.01 Å². The summed E-state index contributed by atoms with van der Waals surface area (Å²) in [4.78, 5) is 13.1. The molecule has 0 spiro atoms. The molecule has 4 rings (SSSR count). The number of nitrogens with zero attached hydrogens (tertiary/aromatic N) is 4. The van der Waals surface area contributed by atoms with E-state index in [9.17, 15) is 5.11 Å². The van der Waals surface area contributed by atoms with Gasteiger partial charge in [0.15, 0.2) is 0 Å². The zero-order valence-corrected chi connectivity index (χ0v) is 13.2. The van der Waals surface area contributed by atoms with Gasteiger partial charge in [-0.2, -0.15) is 9.97 Å². The number of aromatic nitrogens is 2. The maximum absolute atomic E-state index is 9.96. The summed E-state index contributed by atoms with van der Waals surface area (Å²) in [6, 6.07) is 6.12. The lowest BCUT2D eigenvalue weighted by molar-refractivity contribution is 0.122. The Balaban J connectivity index is 1.73. The van der Waals surface area contributed by atoms with Gasteiger partial charge in [-0.15, -0.1) is 0 Å². The summed E-state index contributed by atoms with van der Waals surface area (Å²) in [7, 11) is 0. The number of ether oxygens (including phenoxy) is 1. The van der Waals surface area contributed by atoms with Crippen LogP contribution in [0, 0.1) is 0 Å². The van der Waals surface area contributed by atoms with E-state index in [0.29, 0.717) is 0 Å². The molecule has 1 aromatic heterocycles. The van der Waals surface area contributed by atoms with E-state index in [1.54, 1.807) is 0 Å². The summed E-state index contributed by atoms with van der Waals surface area (Å²) in [6.07, 6.45) is 3.63. The van der Waals surface area contributed by atoms with Crippen LogP contribution in [-0.4, -0.2) is 54.5 Å². The SMILES string of the molecule is Oc1nc(N2CCCCC2)c2ccc(N3CCOCC3)cc2n1. The Kier molecular flexibility index (Phi) is 3.91. The lowest BCUT2D eigenvalue weighted by atomic mass is 10.1. The van der Waals surface area contributed by atoms with E-state index >= 15 is 0 Å². The van der Waals surface area contributed by atoms with Crippen LogP contribution in [0.25, 0.3) is 10.9 Å². The van der Waals surface area contributed by atoms with Gasteiger partial charge < -0.3 is 19.6 Å². The molecule has 2 aliphatic heterocycles. The molecule has 0 atom stereocenters. The second kappa shape index (κ2) is 6.20. The van der Waals surface area contributed by atoms with Gasteiger partial charge in [-0.05, 0) is 37.5 Å². The van der Waals surface area contributed by atoms with Gasteiger partial charge in [-0.3, -0.25) is 0 Å². The van der Waals surface area contributed by atoms with E-state index in [0.717, 1.165) is 61.8 Å². The second-order valence-corrected chi connectivity index (χ2v) is 6.20. The smallest absolute Gasteiger partial charge is 0.316 e. The number of hydrogen-bond acceptors (Lipinski definition) is 6. The summed E-state index contributed by atoms with van der Waals surface area (Å²) in [5, 5.41) is 11.0. The highest BCUT2D eigenvalue weighted by atomic mass is 16.5. The molecule has 0 bridgehead atoms. The Bertz CT molecular complexity index is 694. The van der Waals surface area contributed by atoms with E-state index in [1.807, 2.05) is 0 Å². The highest BCUT2D eigenvalue weighted by Crippen LogP contribution is 2.30. The standard InChI is InChI=1S/C17H22N4O2/c22-17-18-15-12-13(20-8-10-23-11-9-20)4-5-14(15)16(19-17)21-6-2-1-3-7-21/h4-5,12H,1-3,6-11H2,(H,18,19,22). The average Bonchev–Trinajstić information content (AvgIpc) is 2.62. The third-order valence-electron chi connectivity index (χ3n) is 4.68. The van der Waals surface area contributed by atoms with E-state index in [4.69, 9.17) is 4.74 Å². The molecule has 2 aliphatic rings. The van der Waals surface area contributed by atoms with Crippen LogP contribution in [-0.2, 0) is 4.74 Å². The Morgan fingerprint density at radius 2 is 1.70 bits per heavy atom. The van der Waals surface area contributed by atoms with Crippen LogP contribution in [0.3, 0.4) is 0 Å². The van der Waals surface area contributed by atoms with Crippen molar-refractivity contribution in [1.82, 2.24) is 9.97 Å². The molecule has 1 N–H and O–H groups in total. The van der Waals surface area contributed by atoms with Crippen molar-refractivity contribution < 1.29 is 9.84 Å². The van der Waals surface area contributed by atoms with Crippen LogP contribution in [0.4, 0.5) is 11.5 Å². The number of aromatic hydroxyl groups is 1. The van der Waals surface area contributed by atoms with Crippen molar-refractivity contribution in [2.24, 2.45) is 0 Å². The monoisotopic (exact) mass is 314 g/mol. The number of hydrogen-bond donors (Lipinski definition) is 1. The zero-order valence-electron chi connectivity index (χ0n) is 13.2. The Morgan fingerprint density at radius 1 is 0.913 bits per heavy atom. The largest absolute Gasteiger partial charge is 0.479 e. The fourth-order valence-electron chi connectivity index (χ4n) is 3.45. The normalized spacial score (nSPS) is 19.3. The summed E-state index contributed by atoms with van der Waals surface area (Å²) in [5.41, 5.74) is 1.94. The number of morpholine rings is 1. The van der Waals surface area contributed by atoms with E-state index in [-0.39, 0.29) is 6.01 Å². The lowest BCUT2D eigenvalue weighted by Crippen LogP contribution is -2.36. The molecule has 0 aliphatic carbocycles. The lowest BCUT2D eigenvalue weighted by Gasteiger charge is -2.30. The van der Waals surface area contributed by atoms with Gasteiger partial charge in [0.2, 0.25) is 0 Å². The Morgan fingerprint density at radius 3 is 2.48 bits per heavy atom. The van der Waals surface area contributed by atoms with Gasteiger partial charge in [0, 0.05) is 37.3 Å². The van der Waals surface area contributed by atoms with Crippen molar-refractivity contribution in [3.63, 3.8) is 0 Å². The van der Waals surface area contributed by atoms with Gasteiger partial charge in [-0.1, -0.05) is 0 Å². The number of piperidine rings is 1. The van der Waals surface area contributed by atoms with Crippen molar-refractivity contribution >= 4 is 22.4 Å². The molecule has 2 fully saturated rings. The maximum Gasteiger partial charge on any atom is 0.316 e. The first kappa shape index (κ1) is 14.5. The number of rotatable bonds is 2. The molecular formula is C17H22N4O2. The minimum Gasteiger partial charge on any atom is -0.479 e. The fraction of sp³-hybridized carbons (Fsp3) is 0.529. The summed E-state index contributed by atoms with van der Waals surface area (Å²) in [5.74, 6) is 0.862. The number of benzene rings is 1. The van der Waals surface area contributed by atoms with Crippen molar-refractivity contribution in [3.05, 3.63) is 18.2 Å². The predicted octanol–water partition coefficient (Wildman–Crippen LogP) is 2.16. The van der Waals surface area contributed by atoms with E-state index in [1.165, 1.54) is 19.3 Å². The second-order valence-electron chi connectivity index (χ2n) is 6.20. The molecule has 3 heterocycles. The van der Waals surface area contributed by atoms with Gasteiger partial charge in [0.1, 0.15) is 5.82 Å². The molecule has 0 amide bonds. The fourth-order valence-corrected chi connectivity index (χ4v) is 3.45. The molecule has 0 radical (unpaired) electrons. The van der Waals surface area contributed by atoms with Crippen LogP contribution in [0.15, 0.2) is 18.2 Å². The molecule has 0 saturated carbocycles. The molecule has 6 heteroatoms. The van der Waals surface area contributed by atoms with Crippen molar-refractivity contribution in [3.8, 4) is 6.01 Å².